The van der Waals surface area contributed by atoms with E-state index in [0.29, 0.717) is 12.7 Å². The van der Waals surface area contributed by atoms with E-state index < -0.39 is 17.4 Å². The first kappa shape index (κ1) is 21.1. The lowest BCUT2D eigenvalue weighted by molar-refractivity contribution is 0.0769. The van der Waals surface area contributed by atoms with Crippen molar-refractivity contribution in [3.63, 3.8) is 0 Å². The molecule has 2 fully saturated rings. The molecule has 2 rings (SSSR count). The SMILES string of the molecule is C=C(C)COC(CC)C[SiH]1CCCCO1.C[Si]1(C)CCCCO1. The van der Waals surface area contributed by atoms with Crippen LogP contribution in [-0.4, -0.2) is 43.3 Å². The van der Waals surface area contributed by atoms with Crippen LogP contribution in [0.1, 0.15) is 46.0 Å². The maximum Gasteiger partial charge on any atom is 0.186 e. The van der Waals surface area contributed by atoms with Gasteiger partial charge in [0.05, 0.1) is 12.7 Å². The Morgan fingerprint density at radius 1 is 1.22 bits per heavy atom. The van der Waals surface area contributed by atoms with Crippen LogP contribution in [0.5, 0.6) is 0 Å². The third-order valence-corrected chi connectivity index (χ3v) is 9.84. The molecule has 0 bridgehead atoms. The van der Waals surface area contributed by atoms with Gasteiger partial charge in [0.1, 0.15) is 0 Å². The molecule has 0 aliphatic carbocycles. The van der Waals surface area contributed by atoms with Crippen LogP contribution < -0.4 is 0 Å². The maximum absolute atomic E-state index is 5.85. The molecule has 5 heteroatoms. The third kappa shape index (κ3) is 10.5. The maximum atomic E-state index is 5.85. The van der Waals surface area contributed by atoms with Gasteiger partial charge in [0.15, 0.2) is 17.4 Å². The lowest BCUT2D eigenvalue weighted by atomic mass is 10.3. The molecule has 2 heterocycles. The summed E-state index contributed by atoms with van der Waals surface area (Å²) in [7, 11) is -2.01. The molecule has 2 atom stereocenters. The molecule has 0 saturated carbocycles. The normalized spacial score (nSPS) is 25.1. The van der Waals surface area contributed by atoms with Crippen molar-refractivity contribution in [3.8, 4) is 0 Å². The van der Waals surface area contributed by atoms with Gasteiger partial charge in [-0.3, -0.25) is 0 Å². The van der Waals surface area contributed by atoms with Gasteiger partial charge in [-0.2, -0.15) is 0 Å². The average molecular weight is 359 g/mol. The highest BCUT2D eigenvalue weighted by Gasteiger charge is 2.24. The number of rotatable bonds is 6. The first-order chi connectivity index (χ1) is 10.9. The van der Waals surface area contributed by atoms with E-state index in [1.807, 2.05) is 6.92 Å². The predicted molar refractivity (Wildman–Crippen MR) is 104 cm³/mol. The van der Waals surface area contributed by atoms with Crippen LogP contribution in [-0.2, 0) is 13.6 Å². The fourth-order valence-electron chi connectivity index (χ4n) is 2.97. The number of hydrogen-bond acceptors (Lipinski definition) is 3. The molecule has 0 radical (unpaired) electrons. The molecule has 0 aromatic carbocycles. The van der Waals surface area contributed by atoms with Crippen LogP contribution >= 0.6 is 0 Å². The van der Waals surface area contributed by atoms with Gasteiger partial charge in [0, 0.05) is 13.2 Å². The van der Waals surface area contributed by atoms with Crippen molar-refractivity contribution in [2.24, 2.45) is 0 Å². The summed E-state index contributed by atoms with van der Waals surface area (Å²) in [6.07, 6.45) is 6.81. The Hall–Kier alpha value is 0.0538. The van der Waals surface area contributed by atoms with Gasteiger partial charge in [-0.05, 0) is 57.4 Å². The summed E-state index contributed by atoms with van der Waals surface area (Å²) in [4.78, 5) is 0. The zero-order valence-electron chi connectivity index (χ0n) is 15.9. The first-order valence-electron chi connectivity index (χ1n) is 9.44. The van der Waals surface area contributed by atoms with Crippen LogP contribution in [0, 0.1) is 0 Å². The topological polar surface area (TPSA) is 27.7 Å². The van der Waals surface area contributed by atoms with Crippen molar-refractivity contribution >= 4 is 17.4 Å². The Balaban J connectivity index is 0.000000277. The van der Waals surface area contributed by atoms with E-state index in [1.165, 1.54) is 43.8 Å². The lowest BCUT2D eigenvalue weighted by Gasteiger charge is -2.27. The minimum Gasteiger partial charge on any atom is -0.420 e. The quantitative estimate of drug-likeness (QED) is 0.499. The van der Waals surface area contributed by atoms with E-state index in [1.54, 1.807) is 0 Å². The molecule has 23 heavy (non-hydrogen) atoms. The van der Waals surface area contributed by atoms with Crippen molar-refractivity contribution in [1.29, 1.82) is 0 Å². The van der Waals surface area contributed by atoms with Crippen LogP contribution in [0.2, 0.25) is 31.2 Å². The van der Waals surface area contributed by atoms with Gasteiger partial charge in [0.2, 0.25) is 0 Å². The van der Waals surface area contributed by atoms with E-state index in [0.717, 1.165) is 25.2 Å². The summed E-state index contributed by atoms with van der Waals surface area (Å²) >= 11 is 0. The second-order valence-electron chi connectivity index (χ2n) is 7.59. The standard InChI is InChI=1S/C12H24O2Si.C6H14OSi/c1-4-12(13-9-11(2)3)10-15-8-6-5-7-14-15;1-8(2)6-4-3-5-7-8/h12,15H,2,4-10H2,1,3H3;3-6H2,1-2H3. The van der Waals surface area contributed by atoms with Gasteiger partial charge in [-0.1, -0.05) is 31.9 Å². The summed E-state index contributed by atoms with van der Waals surface area (Å²) < 4.78 is 17.3. The van der Waals surface area contributed by atoms with E-state index in [4.69, 9.17) is 13.6 Å². The molecule has 2 aliphatic heterocycles. The second-order valence-corrected chi connectivity index (χ2v) is 14.5. The van der Waals surface area contributed by atoms with Crippen LogP contribution in [0.25, 0.3) is 0 Å². The molecule has 2 unspecified atom stereocenters. The van der Waals surface area contributed by atoms with Crippen molar-refractivity contribution in [2.45, 2.75) is 83.3 Å². The summed E-state index contributed by atoms with van der Waals surface area (Å²) in [5, 5.41) is 0. The largest absolute Gasteiger partial charge is 0.420 e. The summed E-state index contributed by atoms with van der Waals surface area (Å²) in [5.41, 5.74) is 1.11. The van der Waals surface area contributed by atoms with Crippen LogP contribution in [0.3, 0.4) is 0 Å². The Morgan fingerprint density at radius 3 is 2.39 bits per heavy atom. The molecule has 0 spiro atoms. The molecular weight excluding hydrogens is 320 g/mol. The smallest absolute Gasteiger partial charge is 0.186 e. The van der Waals surface area contributed by atoms with Gasteiger partial charge < -0.3 is 13.6 Å². The minimum atomic E-state index is -1.09. The van der Waals surface area contributed by atoms with Gasteiger partial charge >= 0.3 is 0 Å². The summed E-state index contributed by atoms with van der Waals surface area (Å²) in [6, 6.07) is 3.89. The first-order valence-corrected chi connectivity index (χ1v) is 14.7. The molecule has 0 aromatic heterocycles. The minimum absolute atomic E-state index is 0.400. The van der Waals surface area contributed by atoms with Crippen molar-refractivity contribution in [2.75, 3.05) is 19.8 Å². The second kappa shape index (κ2) is 11.6. The van der Waals surface area contributed by atoms with E-state index >= 15 is 0 Å². The van der Waals surface area contributed by atoms with Crippen molar-refractivity contribution in [1.82, 2.24) is 0 Å². The Labute approximate surface area is 146 Å². The zero-order valence-corrected chi connectivity index (χ0v) is 18.0. The Morgan fingerprint density at radius 2 is 1.96 bits per heavy atom. The van der Waals surface area contributed by atoms with Gasteiger partial charge in [0.25, 0.3) is 0 Å². The van der Waals surface area contributed by atoms with Gasteiger partial charge in [-0.25, -0.2) is 0 Å². The Bertz CT molecular complexity index is 320. The monoisotopic (exact) mass is 358 g/mol. The van der Waals surface area contributed by atoms with Crippen molar-refractivity contribution < 1.29 is 13.6 Å². The molecule has 2 aliphatic rings. The Kier molecular flexibility index (Phi) is 10.6. The molecule has 0 N–H and O–H groups in total. The fourth-order valence-corrected chi connectivity index (χ4v) is 7.75. The molecule has 0 aromatic rings. The van der Waals surface area contributed by atoms with E-state index in [-0.39, 0.29) is 0 Å². The van der Waals surface area contributed by atoms with E-state index in [2.05, 4.69) is 26.6 Å². The highest BCUT2D eigenvalue weighted by atomic mass is 28.4. The summed E-state index contributed by atoms with van der Waals surface area (Å²) in [5.74, 6) is 0. The molecule has 2 saturated heterocycles. The lowest BCUT2D eigenvalue weighted by Crippen LogP contribution is -2.33. The predicted octanol–water partition coefficient (Wildman–Crippen LogP) is 4.89. The zero-order chi connectivity index (χ0) is 17.1. The highest BCUT2D eigenvalue weighted by Crippen LogP contribution is 2.20. The number of ether oxygens (including phenoxy) is 1. The molecule has 0 amide bonds. The average Bonchev–Trinajstić information content (AvgIpc) is 2.52. The third-order valence-electron chi connectivity index (χ3n) is 4.49. The van der Waals surface area contributed by atoms with E-state index in [9.17, 15) is 0 Å². The molecular formula is C18H38O3Si2. The fraction of sp³-hybridized carbons (Fsp3) is 0.889. The number of hydrogen-bond donors (Lipinski definition) is 0. The van der Waals surface area contributed by atoms with Gasteiger partial charge in [-0.15, -0.1) is 0 Å². The molecule has 136 valence electrons. The summed E-state index contributed by atoms with van der Waals surface area (Å²) in [6.45, 7) is 15.4. The van der Waals surface area contributed by atoms with Crippen LogP contribution in [0.4, 0.5) is 0 Å². The van der Waals surface area contributed by atoms with Crippen molar-refractivity contribution in [3.05, 3.63) is 12.2 Å². The highest BCUT2D eigenvalue weighted by molar-refractivity contribution is 6.71. The van der Waals surface area contributed by atoms with Crippen LogP contribution in [0.15, 0.2) is 12.2 Å². The molecule has 3 nitrogen and oxygen atoms in total.